The molecule has 25 heavy (non-hydrogen) atoms. The average molecular weight is 456 g/mol. The van der Waals surface area contributed by atoms with Gasteiger partial charge in [-0.05, 0) is 68.9 Å². The maximum Gasteiger partial charge on any atom is 0.193 e. The summed E-state index contributed by atoms with van der Waals surface area (Å²) in [5.74, 6) is 0.149. The van der Waals surface area contributed by atoms with Gasteiger partial charge in [-0.2, -0.15) is 0 Å². The number of rotatable bonds is 5. The van der Waals surface area contributed by atoms with Crippen LogP contribution in [0, 0.1) is 19.7 Å². The van der Waals surface area contributed by atoms with Gasteiger partial charge < -0.3 is 16.0 Å². The number of guanidine groups is 1. The average Bonchev–Trinajstić information content (AvgIpc) is 2.46. The third kappa shape index (κ3) is 6.99. The quantitative estimate of drug-likeness (QED) is 0.406. The lowest BCUT2D eigenvalue weighted by molar-refractivity contribution is 0.392. The molecule has 2 rings (SSSR count). The van der Waals surface area contributed by atoms with E-state index in [2.05, 4.69) is 16.4 Å². The molecule has 0 heterocycles. The van der Waals surface area contributed by atoms with Gasteiger partial charge in [-0.1, -0.05) is 12.1 Å². The number of hydrogen-bond donors (Lipinski definition) is 2. The molecule has 0 fully saturated rings. The zero-order chi connectivity index (χ0) is 17.7. The van der Waals surface area contributed by atoms with Crippen LogP contribution in [-0.2, 0) is 13.1 Å². The van der Waals surface area contributed by atoms with Crippen molar-refractivity contribution in [3.05, 3.63) is 64.5 Å². The summed E-state index contributed by atoms with van der Waals surface area (Å²) >= 11 is 0. The van der Waals surface area contributed by atoms with Crippen molar-refractivity contribution in [3.8, 4) is 0 Å². The fraction of sp³-hybridized carbons (Fsp3) is 0.316. The van der Waals surface area contributed by atoms with Gasteiger partial charge in [0.15, 0.2) is 5.96 Å². The van der Waals surface area contributed by atoms with Gasteiger partial charge in [-0.3, -0.25) is 0 Å². The zero-order valence-electron chi connectivity index (χ0n) is 15.1. The van der Waals surface area contributed by atoms with E-state index < -0.39 is 0 Å². The first kappa shape index (κ1) is 21.4. The molecule has 3 N–H and O–H groups in total. The Labute approximate surface area is 166 Å². The molecule has 0 aromatic heterocycles. The van der Waals surface area contributed by atoms with Crippen LogP contribution >= 0.6 is 24.0 Å². The molecule has 0 aliphatic carbocycles. The number of nitrogens with one attached hydrogen (secondary N) is 1. The molecule has 0 radical (unpaired) electrons. The molecule has 4 nitrogen and oxygen atoms in total. The summed E-state index contributed by atoms with van der Waals surface area (Å²) in [6.45, 7) is 5.04. The molecule has 6 heteroatoms. The molecule has 0 atom stereocenters. The monoisotopic (exact) mass is 456 g/mol. The third-order valence-electron chi connectivity index (χ3n) is 3.52. The minimum atomic E-state index is -0.197. The Kier molecular flexibility index (Phi) is 8.31. The molecule has 2 aromatic carbocycles. The zero-order valence-corrected chi connectivity index (χ0v) is 17.5. The number of halogens is 2. The summed E-state index contributed by atoms with van der Waals surface area (Å²) in [5, 5.41) is 3.10. The summed E-state index contributed by atoms with van der Waals surface area (Å²) in [5.41, 5.74) is 10.8. The van der Waals surface area contributed by atoms with Crippen LogP contribution < -0.4 is 11.1 Å². The van der Waals surface area contributed by atoms with Crippen molar-refractivity contribution in [1.29, 1.82) is 0 Å². The van der Waals surface area contributed by atoms with Crippen molar-refractivity contribution < 1.29 is 4.39 Å². The summed E-state index contributed by atoms with van der Waals surface area (Å²) in [4.78, 5) is 6.28. The first-order chi connectivity index (χ1) is 11.3. The van der Waals surface area contributed by atoms with Crippen LogP contribution in [0.15, 0.2) is 41.4 Å². The minimum Gasteiger partial charge on any atom is -0.370 e. The van der Waals surface area contributed by atoms with E-state index in [1.165, 1.54) is 6.07 Å². The highest BCUT2D eigenvalue weighted by Gasteiger charge is 2.05. The Balaban J connectivity index is 0.00000312. The normalized spacial score (nSPS) is 11.4. The van der Waals surface area contributed by atoms with Gasteiger partial charge in [-0.15, -0.1) is 24.0 Å². The molecule has 0 aliphatic rings. The van der Waals surface area contributed by atoms with Gasteiger partial charge in [0, 0.05) is 17.8 Å². The van der Waals surface area contributed by atoms with Crippen LogP contribution in [-0.4, -0.2) is 25.0 Å². The van der Waals surface area contributed by atoms with Crippen molar-refractivity contribution >= 4 is 35.6 Å². The van der Waals surface area contributed by atoms with Gasteiger partial charge in [0.1, 0.15) is 5.82 Å². The lowest BCUT2D eigenvalue weighted by Gasteiger charge is -2.12. The van der Waals surface area contributed by atoms with Crippen molar-refractivity contribution in [2.75, 3.05) is 19.4 Å². The SMILES string of the molecule is Cc1cc(C)cc(NC(N)=NCc2ccc(F)c(CN(C)C)c2)c1.I. The first-order valence-corrected chi connectivity index (χ1v) is 7.91. The van der Waals surface area contributed by atoms with Crippen LogP contribution in [0.4, 0.5) is 10.1 Å². The van der Waals surface area contributed by atoms with Crippen LogP contribution in [0.5, 0.6) is 0 Å². The second-order valence-electron chi connectivity index (χ2n) is 6.37. The number of nitrogens with two attached hydrogens (primary N) is 1. The second kappa shape index (κ2) is 9.72. The Morgan fingerprint density at radius 2 is 1.76 bits per heavy atom. The molecule has 0 saturated heterocycles. The van der Waals surface area contributed by atoms with Gasteiger partial charge in [0.25, 0.3) is 0 Å². The smallest absolute Gasteiger partial charge is 0.193 e. The van der Waals surface area contributed by atoms with E-state index in [1.54, 1.807) is 6.07 Å². The topological polar surface area (TPSA) is 53.6 Å². The van der Waals surface area contributed by atoms with Crippen LogP contribution in [0.2, 0.25) is 0 Å². The highest BCUT2D eigenvalue weighted by molar-refractivity contribution is 14.0. The highest BCUT2D eigenvalue weighted by atomic mass is 127. The van der Waals surface area contributed by atoms with Gasteiger partial charge in [-0.25, -0.2) is 9.38 Å². The summed E-state index contributed by atoms with van der Waals surface area (Å²) in [6, 6.07) is 11.2. The maximum absolute atomic E-state index is 13.8. The summed E-state index contributed by atoms with van der Waals surface area (Å²) in [6.07, 6.45) is 0. The van der Waals surface area contributed by atoms with E-state index >= 15 is 0 Å². The molecule has 0 bridgehead atoms. The predicted octanol–water partition coefficient (Wildman–Crippen LogP) is 4.05. The van der Waals surface area contributed by atoms with E-state index in [1.807, 2.05) is 51.0 Å². The number of anilines is 1. The van der Waals surface area contributed by atoms with Crippen molar-refractivity contribution in [1.82, 2.24) is 4.90 Å². The van der Waals surface area contributed by atoms with E-state index in [0.717, 1.165) is 22.4 Å². The Morgan fingerprint density at radius 3 is 2.36 bits per heavy atom. The number of benzene rings is 2. The molecule has 136 valence electrons. The lowest BCUT2D eigenvalue weighted by atomic mass is 10.1. The van der Waals surface area contributed by atoms with Crippen molar-refractivity contribution in [2.24, 2.45) is 10.7 Å². The maximum atomic E-state index is 13.8. The van der Waals surface area contributed by atoms with Gasteiger partial charge in [0.05, 0.1) is 6.54 Å². The van der Waals surface area contributed by atoms with Crippen molar-refractivity contribution in [2.45, 2.75) is 26.9 Å². The molecule has 0 unspecified atom stereocenters. The van der Waals surface area contributed by atoms with E-state index in [-0.39, 0.29) is 29.8 Å². The fourth-order valence-electron chi connectivity index (χ4n) is 2.60. The van der Waals surface area contributed by atoms with E-state index in [9.17, 15) is 4.39 Å². The largest absolute Gasteiger partial charge is 0.370 e. The summed E-state index contributed by atoms with van der Waals surface area (Å²) in [7, 11) is 3.83. The summed E-state index contributed by atoms with van der Waals surface area (Å²) < 4.78 is 13.8. The molecule has 0 spiro atoms. The third-order valence-corrected chi connectivity index (χ3v) is 3.52. The van der Waals surface area contributed by atoms with Gasteiger partial charge >= 0.3 is 0 Å². The molecule has 0 saturated carbocycles. The minimum absolute atomic E-state index is 0. The lowest BCUT2D eigenvalue weighted by Crippen LogP contribution is -2.22. The van der Waals surface area contributed by atoms with Crippen LogP contribution in [0.1, 0.15) is 22.3 Å². The Morgan fingerprint density at radius 1 is 1.12 bits per heavy atom. The van der Waals surface area contributed by atoms with Gasteiger partial charge in [0.2, 0.25) is 0 Å². The number of hydrogen-bond acceptors (Lipinski definition) is 2. The second-order valence-corrected chi connectivity index (χ2v) is 6.37. The number of aliphatic imine (C=N–C) groups is 1. The Hall–Kier alpha value is -1.67. The molecular formula is C19H26FIN4. The number of aryl methyl sites for hydroxylation is 2. The van der Waals surface area contributed by atoms with Crippen LogP contribution in [0.25, 0.3) is 0 Å². The first-order valence-electron chi connectivity index (χ1n) is 7.91. The highest BCUT2D eigenvalue weighted by Crippen LogP contribution is 2.15. The van der Waals surface area contributed by atoms with E-state index in [0.29, 0.717) is 24.6 Å². The van der Waals surface area contributed by atoms with Crippen molar-refractivity contribution in [3.63, 3.8) is 0 Å². The fourth-order valence-corrected chi connectivity index (χ4v) is 2.60. The van der Waals surface area contributed by atoms with Crippen LogP contribution in [0.3, 0.4) is 0 Å². The molecule has 0 aliphatic heterocycles. The number of nitrogens with zero attached hydrogens (tertiary/aromatic N) is 2. The molecule has 0 amide bonds. The predicted molar refractivity (Wildman–Crippen MR) is 114 cm³/mol. The Bertz CT molecular complexity index is 724. The molecular weight excluding hydrogens is 430 g/mol. The standard InChI is InChI=1S/C19H25FN4.HI/c1-13-7-14(2)9-17(8-13)23-19(21)22-11-15-5-6-18(20)16(10-15)12-24(3)4;/h5-10H,11-12H2,1-4H3,(H3,21,22,23);1H. The molecule has 2 aromatic rings. The van der Waals surface area contributed by atoms with E-state index in [4.69, 9.17) is 5.73 Å².